The first-order valence-electron chi connectivity index (χ1n) is 7.70. The van der Waals surface area contributed by atoms with Gasteiger partial charge in [0.15, 0.2) is 6.61 Å². The largest absolute Gasteiger partial charge is 0.468 e. The van der Waals surface area contributed by atoms with E-state index < -0.39 is 12.8 Å². The second kappa shape index (κ2) is 8.15. The molecule has 1 aliphatic rings. The third-order valence-electron chi connectivity index (χ3n) is 3.68. The fourth-order valence-corrected chi connectivity index (χ4v) is 2.48. The minimum Gasteiger partial charge on any atom is -0.468 e. The van der Waals surface area contributed by atoms with Crippen LogP contribution in [0.1, 0.15) is 23.2 Å². The molecule has 138 valence electrons. The zero-order chi connectivity index (χ0) is 18.4. The number of hydrogen-bond acceptors (Lipinski definition) is 5. The molecular formula is C15H19F3N4O3. The lowest BCUT2D eigenvalue weighted by molar-refractivity contribution is -0.154. The molecule has 1 aromatic rings. The van der Waals surface area contributed by atoms with Crippen molar-refractivity contribution in [1.29, 1.82) is 0 Å². The van der Waals surface area contributed by atoms with Gasteiger partial charge in [-0.3, -0.25) is 14.5 Å². The summed E-state index contributed by atoms with van der Waals surface area (Å²) in [4.78, 5) is 28.6. The molecule has 3 N–H and O–H groups in total. The molecule has 1 aromatic heterocycles. The Balaban J connectivity index is 1.80. The Hall–Kier alpha value is -2.36. The quantitative estimate of drug-likeness (QED) is 0.778. The van der Waals surface area contributed by atoms with Crippen molar-refractivity contribution in [3.63, 3.8) is 0 Å². The average molecular weight is 360 g/mol. The van der Waals surface area contributed by atoms with Crippen LogP contribution in [0.25, 0.3) is 0 Å². The second-order valence-electron chi connectivity index (χ2n) is 5.78. The number of alkyl halides is 3. The summed E-state index contributed by atoms with van der Waals surface area (Å²) >= 11 is 0. The first kappa shape index (κ1) is 19.0. The number of ether oxygens (including phenoxy) is 1. The molecule has 1 saturated heterocycles. The highest BCUT2D eigenvalue weighted by molar-refractivity contribution is 5.94. The number of nitrogens with one attached hydrogen (secondary N) is 1. The molecule has 0 bridgehead atoms. The number of pyridine rings is 1. The van der Waals surface area contributed by atoms with Gasteiger partial charge in [0.1, 0.15) is 0 Å². The van der Waals surface area contributed by atoms with Gasteiger partial charge in [0, 0.05) is 31.4 Å². The molecule has 0 radical (unpaired) electrons. The molecule has 2 amide bonds. The van der Waals surface area contributed by atoms with Crippen molar-refractivity contribution in [2.75, 3.05) is 26.2 Å². The molecule has 0 saturated carbocycles. The monoisotopic (exact) mass is 360 g/mol. The molecule has 0 atom stereocenters. The van der Waals surface area contributed by atoms with Gasteiger partial charge in [-0.25, -0.2) is 4.98 Å². The zero-order valence-corrected chi connectivity index (χ0v) is 13.4. The molecule has 0 aromatic carbocycles. The van der Waals surface area contributed by atoms with Crippen LogP contribution in [0.15, 0.2) is 18.3 Å². The first-order valence-corrected chi connectivity index (χ1v) is 7.70. The second-order valence-corrected chi connectivity index (χ2v) is 5.78. The van der Waals surface area contributed by atoms with Crippen molar-refractivity contribution in [2.45, 2.75) is 25.1 Å². The van der Waals surface area contributed by atoms with Crippen molar-refractivity contribution >= 4 is 11.8 Å². The lowest BCUT2D eigenvalue weighted by Gasteiger charge is -2.31. The van der Waals surface area contributed by atoms with Gasteiger partial charge in [-0.05, 0) is 18.9 Å². The number of carbonyl (C=O) groups excluding carboxylic acids is 2. The number of rotatable bonds is 6. The van der Waals surface area contributed by atoms with Gasteiger partial charge in [0.05, 0.1) is 12.1 Å². The van der Waals surface area contributed by atoms with E-state index in [0.29, 0.717) is 25.9 Å². The Morgan fingerprint density at radius 1 is 1.32 bits per heavy atom. The molecule has 0 unspecified atom stereocenters. The van der Waals surface area contributed by atoms with Crippen LogP contribution in [-0.4, -0.2) is 60.2 Å². The van der Waals surface area contributed by atoms with Crippen LogP contribution in [0, 0.1) is 0 Å². The van der Waals surface area contributed by atoms with Crippen molar-refractivity contribution < 1.29 is 27.5 Å². The fourth-order valence-electron chi connectivity index (χ4n) is 2.48. The number of nitrogens with two attached hydrogens (primary N) is 1. The van der Waals surface area contributed by atoms with Gasteiger partial charge in [-0.1, -0.05) is 0 Å². The highest BCUT2D eigenvalue weighted by Gasteiger charge is 2.28. The summed E-state index contributed by atoms with van der Waals surface area (Å²) in [5.41, 5.74) is 5.38. The van der Waals surface area contributed by atoms with Crippen molar-refractivity contribution in [3.8, 4) is 5.88 Å². The minimum atomic E-state index is -4.44. The fraction of sp³-hybridized carbons (Fsp3) is 0.533. The number of aromatic nitrogens is 1. The minimum absolute atomic E-state index is 0.0437. The molecular weight excluding hydrogens is 341 g/mol. The van der Waals surface area contributed by atoms with Gasteiger partial charge in [0.25, 0.3) is 5.91 Å². The van der Waals surface area contributed by atoms with E-state index in [9.17, 15) is 22.8 Å². The third kappa shape index (κ3) is 6.57. The van der Waals surface area contributed by atoms with Crippen LogP contribution >= 0.6 is 0 Å². The number of piperidine rings is 1. The third-order valence-corrected chi connectivity index (χ3v) is 3.68. The number of primary amides is 1. The zero-order valence-electron chi connectivity index (χ0n) is 13.4. The first-order chi connectivity index (χ1) is 11.7. The predicted molar refractivity (Wildman–Crippen MR) is 81.9 cm³/mol. The number of carbonyl (C=O) groups is 2. The van der Waals surface area contributed by atoms with Gasteiger partial charge in [-0.15, -0.1) is 0 Å². The Kier molecular flexibility index (Phi) is 6.18. The van der Waals surface area contributed by atoms with Gasteiger partial charge in [0.2, 0.25) is 11.8 Å². The van der Waals surface area contributed by atoms with Gasteiger partial charge in [-0.2, -0.15) is 13.2 Å². The summed E-state index contributed by atoms with van der Waals surface area (Å²) < 4.78 is 40.7. The molecule has 10 heteroatoms. The lowest BCUT2D eigenvalue weighted by atomic mass is 10.0. The average Bonchev–Trinajstić information content (AvgIpc) is 2.54. The van der Waals surface area contributed by atoms with Crippen LogP contribution in [0.4, 0.5) is 13.2 Å². The molecule has 2 rings (SSSR count). The Morgan fingerprint density at radius 3 is 2.52 bits per heavy atom. The summed E-state index contributed by atoms with van der Waals surface area (Å²) in [6, 6.07) is 2.53. The number of amides is 2. The maximum absolute atomic E-state index is 12.1. The van der Waals surface area contributed by atoms with E-state index in [2.05, 4.69) is 15.0 Å². The van der Waals surface area contributed by atoms with E-state index in [1.165, 1.54) is 18.3 Å². The van der Waals surface area contributed by atoms with Crippen molar-refractivity contribution in [2.24, 2.45) is 5.73 Å². The van der Waals surface area contributed by atoms with Crippen LogP contribution in [0.5, 0.6) is 5.88 Å². The smallest absolute Gasteiger partial charge is 0.422 e. The van der Waals surface area contributed by atoms with Crippen molar-refractivity contribution in [1.82, 2.24) is 15.2 Å². The van der Waals surface area contributed by atoms with Crippen molar-refractivity contribution in [3.05, 3.63) is 23.9 Å². The maximum atomic E-state index is 12.1. The normalized spacial score (nSPS) is 16.4. The molecule has 1 aliphatic heterocycles. The SMILES string of the molecule is NC(=O)CN1CCC(NC(=O)c2ccc(OCC(F)(F)F)nc2)CC1. The summed E-state index contributed by atoms with van der Waals surface area (Å²) in [6.45, 7) is 0.0616. The van der Waals surface area contributed by atoms with E-state index >= 15 is 0 Å². The topological polar surface area (TPSA) is 97.6 Å². The highest BCUT2D eigenvalue weighted by atomic mass is 19.4. The van der Waals surface area contributed by atoms with E-state index in [1.54, 1.807) is 0 Å². The molecule has 1 fully saturated rings. The molecule has 0 spiro atoms. The van der Waals surface area contributed by atoms with E-state index in [4.69, 9.17) is 5.73 Å². The summed E-state index contributed by atoms with van der Waals surface area (Å²) in [5.74, 6) is -0.946. The molecule has 25 heavy (non-hydrogen) atoms. The molecule has 2 heterocycles. The maximum Gasteiger partial charge on any atom is 0.422 e. The number of nitrogens with zero attached hydrogens (tertiary/aromatic N) is 2. The summed E-state index contributed by atoms with van der Waals surface area (Å²) in [6.07, 6.45) is -1.91. The Morgan fingerprint density at radius 2 is 2.00 bits per heavy atom. The number of likely N-dealkylation sites (tertiary alicyclic amines) is 1. The Bertz CT molecular complexity index is 599. The number of halogens is 3. The summed E-state index contributed by atoms with van der Waals surface area (Å²) in [7, 11) is 0. The van der Waals surface area contributed by atoms with E-state index in [-0.39, 0.29) is 35.8 Å². The Labute approximate surface area is 142 Å². The molecule has 0 aliphatic carbocycles. The predicted octanol–water partition coefficient (Wildman–Crippen LogP) is 0.702. The van der Waals surface area contributed by atoms with Gasteiger partial charge >= 0.3 is 6.18 Å². The van der Waals surface area contributed by atoms with Crippen LogP contribution in [0.2, 0.25) is 0 Å². The van der Waals surface area contributed by atoms with Crippen LogP contribution in [0.3, 0.4) is 0 Å². The summed E-state index contributed by atoms with van der Waals surface area (Å²) in [5, 5.41) is 2.84. The van der Waals surface area contributed by atoms with Gasteiger partial charge < -0.3 is 15.8 Å². The lowest BCUT2D eigenvalue weighted by Crippen LogP contribution is -2.46. The van der Waals surface area contributed by atoms with E-state index in [1.807, 2.05) is 4.90 Å². The van der Waals surface area contributed by atoms with Crippen LogP contribution < -0.4 is 15.8 Å². The number of hydrogen-bond donors (Lipinski definition) is 2. The standard InChI is InChI=1S/C15H19F3N4O3/c16-15(17,18)9-25-13-2-1-10(7-20-13)14(24)21-11-3-5-22(6-4-11)8-12(19)23/h1-2,7,11H,3-6,8-9H2,(H2,19,23)(H,21,24). The van der Waals surface area contributed by atoms with Crippen LogP contribution in [-0.2, 0) is 4.79 Å². The highest BCUT2D eigenvalue weighted by Crippen LogP contribution is 2.17. The molecule has 7 nitrogen and oxygen atoms in total. The van der Waals surface area contributed by atoms with E-state index in [0.717, 1.165) is 0 Å².